The van der Waals surface area contributed by atoms with Crippen LogP contribution >= 0.6 is 11.8 Å². The van der Waals surface area contributed by atoms with Crippen LogP contribution in [0.15, 0.2) is 60.0 Å². The predicted molar refractivity (Wildman–Crippen MR) is 112 cm³/mol. The molecule has 2 amide bonds. The molecule has 9 nitrogen and oxygen atoms in total. The van der Waals surface area contributed by atoms with E-state index in [4.69, 9.17) is 4.74 Å². The Labute approximate surface area is 178 Å². The highest BCUT2D eigenvalue weighted by Gasteiger charge is 2.16. The molecule has 3 rings (SSSR count). The van der Waals surface area contributed by atoms with Gasteiger partial charge in [-0.3, -0.25) is 30.0 Å². The number of hydrazine groups is 1. The summed E-state index contributed by atoms with van der Waals surface area (Å²) in [5.41, 5.74) is 6.59. The molecule has 1 aromatic carbocycles. The van der Waals surface area contributed by atoms with Crippen molar-refractivity contribution in [3.05, 3.63) is 60.4 Å². The van der Waals surface area contributed by atoms with E-state index in [0.29, 0.717) is 24.1 Å². The van der Waals surface area contributed by atoms with E-state index < -0.39 is 0 Å². The first-order valence-electron chi connectivity index (χ1n) is 9.24. The summed E-state index contributed by atoms with van der Waals surface area (Å²) >= 11 is 1.23. The number of methoxy groups -OCH3 is 1. The molecule has 30 heavy (non-hydrogen) atoms. The second kappa shape index (κ2) is 11.1. The number of pyridine rings is 1. The number of nitrogens with zero attached hydrogens (tertiary/aromatic N) is 4. The quantitative estimate of drug-likeness (QED) is 0.394. The fourth-order valence-electron chi connectivity index (χ4n) is 2.63. The van der Waals surface area contributed by atoms with Crippen LogP contribution in [0.2, 0.25) is 0 Å². The van der Waals surface area contributed by atoms with Gasteiger partial charge in [0.15, 0.2) is 11.0 Å². The maximum atomic E-state index is 12.1. The Kier molecular flexibility index (Phi) is 7.93. The maximum Gasteiger partial charge on any atom is 0.248 e. The van der Waals surface area contributed by atoms with Crippen LogP contribution in [0.3, 0.4) is 0 Å². The summed E-state index contributed by atoms with van der Waals surface area (Å²) in [4.78, 5) is 28.1. The highest BCUT2D eigenvalue weighted by Crippen LogP contribution is 2.23. The molecule has 0 saturated heterocycles. The molecular weight excluding hydrogens is 404 g/mol. The van der Waals surface area contributed by atoms with Crippen LogP contribution in [0.5, 0.6) is 0 Å². The molecule has 2 aromatic heterocycles. The summed E-state index contributed by atoms with van der Waals surface area (Å²) in [5.74, 6) is 0.122. The topological polar surface area (TPSA) is 111 Å². The van der Waals surface area contributed by atoms with E-state index in [2.05, 4.69) is 26.0 Å². The van der Waals surface area contributed by atoms with Gasteiger partial charge in [0.25, 0.3) is 0 Å². The number of rotatable bonds is 9. The van der Waals surface area contributed by atoms with Crippen molar-refractivity contribution in [2.75, 3.05) is 19.5 Å². The molecule has 0 aliphatic rings. The Morgan fingerprint density at radius 3 is 2.50 bits per heavy atom. The van der Waals surface area contributed by atoms with E-state index in [0.717, 1.165) is 11.1 Å². The maximum absolute atomic E-state index is 12.1. The van der Waals surface area contributed by atoms with Crippen LogP contribution in [0, 0.1) is 0 Å². The monoisotopic (exact) mass is 426 g/mol. The van der Waals surface area contributed by atoms with E-state index in [-0.39, 0.29) is 24.0 Å². The second-order valence-electron chi connectivity index (χ2n) is 6.23. The van der Waals surface area contributed by atoms with Gasteiger partial charge in [0.2, 0.25) is 11.8 Å². The molecule has 0 fully saturated rings. The van der Waals surface area contributed by atoms with Gasteiger partial charge in [-0.2, -0.15) is 0 Å². The van der Waals surface area contributed by atoms with Gasteiger partial charge in [-0.25, -0.2) is 0 Å². The Balaban J connectivity index is 1.55. The average Bonchev–Trinajstić information content (AvgIpc) is 3.18. The van der Waals surface area contributed by atoms with Crippen molar-refractivity contribution >= 4 is 23.6 Å². The number of thioether (sulfide) groups is 1. The summed E-state index contributed by atoms with van der Waals surface area (Å²) in [6, 6.07) is 13.0. The molecule has 0 bridgehead atoms. The number of amides is 2. The van der Waals surface area contributed by atoms with Crippen molar-refractivity contribution in [3.63, 3.8) is 0 Å². The van der Waals surface area contributed by atoms with Crippen molar-refractivity contribution in [3.8, 4) is 11.4 Å². The van der Waals surface area contributed by atoms with Gasteiger partial charge in [0, 0.05) is 25.1 Å². The standard InChI is InChI=1S/C20H22N6O3S/c1-29-12-11-26-19(16-7-9-21-10-8-16)24-25-20(26)30-14-18(28)23-22-17(27)13-15-5-3-2-4-6-15/h2-10H,11-14H2,1H3,(H,22,27)(H,23,28). The van der Waals surface area contributed by atoms with Gasteiger partial charge in [-0.05, 0) is 17.7 Å². The smallest absolute Gasteiger partial charge is 0.248 e. The fourth-order valence-corrected chi connectivity index (χ4v) is 3.39. The van der Waals surface area contributed by atoms with E-state index in [1.54, 1.807) is 19.5 Å². The summed E-state index contributed by atoms with van der Waals surface area (Å²) in [6.07, 6.45) is 3.56. The predicted octanol–water partition coefficient (Wildman–Crippen LogP) is 1.47. The molecule has 0 spiro atoms. The van der Waals surface area contributed by atoms with Crippen LogP contribution in [0.1, 0.15) is 5.56 Å². The zero-order chi connectivity index (χ0) is 21.2. The minimum Gasteiger partial charge on any atom is -0.383 e. The van der Waals surface area contributed by atoms with Crippen LogP contribution in [-0.4, -0.2) is 51.0 Å². The number of hydrogen-bond acceptors (Lipinski definition) is 7. The number of aromatic nitrogens is 4. The Bertz CT molecular complexity index is 965. The third kappa shape index (κ3) is 6.13. The first kappa shape index (κ1) is 21.5. The number of nitrogens with one attached hydrogen (secondary N) is 2. The Morgan fingerprint density at radius 2 is 1.77 bits per heavy atom. The number of ether oxygens (including phenoxy) is 1. The molecule has 0 aliphatic carbocycles. The third-order valence-corrected chi connectivity index (χ3v) is 5.02. The third-order valence-electron chi connectivity index (χ3n) is 4.06. The van der Waals surface area contributed by atoms with Crippen LogP contribution in [-0.2, 0) is 27.3 Å². The molecular formula is C20H22N6O3S. The largest absolute Gasteiger partial charge is 0.383 e. The number of carbonyl (C=O) groups is 2. The molecule has 156 valence electrons. The number of hydrogen-bond donors (Lipinski definition) is 2. The number of carbonyl (C=O) groups excluding carboxylic acids is 2. The van der Waals surface area contributed by atoms with Gasteiger partial charge in [0.05, 0.1) is 25.3 Å². The van der Waals surface area contributed by atoms with Gasteiger partial charge in [-0.15, -0.1) is 10.2 Å². The minimum absolute atomic E-state index is 0.0765. The summed E-state index contributed by atoms with van der Waals surface area (Å²) < 4.78 is 7.07. The Morgan fingerprint density at radius 1 is 1.03 bits per heavy atom. The minimum atomic E-state index is -0.340. The zero-order valence-electron chi connectivity index (χ0n) is 16.4. The summed E-state index contributed by atoms with van der Waals surface area (Å²) in [7, 11) is 1.62. The van der Waals surface area contributed by atoms with Crippen molar-refractivity contribution in [2.24, 2.45) is 0 Å². The van der Waals surface area contributed by atoms with Gasteiger partial charge < -0.3 is 4.74 Å². The van der Waals surface area contributed by atoms with E-state index in [1.807, 2.05) is 47.0 Å². The Hall–Kier alpha value is -3.24. The first-order valence-corrected chi connectivity index (χ1v) is 10.2. The second-order valence-corrected chi connectivity index (χ2v) is 7.18. The molecule has 10 heteroatoms. The van der Waals surface area contributed by atoms with Crippen LogP contribution in [0.25, 0.3) is 11.4 Å². The van der Waals surface area contributed by atoms with E-state index >= 15 is 0 Å². The van der Waals surface area contributed by atoms with Gasteiger partial charge in [0.1, 0.15) is 0 Å². The van der Waals surface area contributed by atoms with Crippen molar-refractivity contribution in [2.45, 2.75) is 18.1 Å². The molecule has 0 unspecified atom stereocenters. The van der Waals surface area contributed by atoms with Crippen molar-refractivity contribution < 1.29 is 14.3 Å². The van der Waals surface area contributed by atoms with Crippen LogP contribution in [0.4, 0.5) is 0 Å². The molecule has 2 N–H and O–H groups in total. The van der Waals surface area contributed by atoms with Crippen molar-refractivity contribution in [1.29, 1.82) is 0 Å². The van der Waals surface area contributed by atoms with Gasteiger partial charge >= 0.3 is 0 Å². The molecule has 0 radical (unpaired) electrons. The lowest BCUT2D eigenvalue weighted by Crippen LogP contribution is -2.43. The highest BCUT2D eigenvalue weighted by atomic mass is 32.2. The lowest BCUT2D eigenvalue weighted by Gasteiger charge is -2.10. The summed E-state index contributed by atoms with van der Waals surface area (Å²) in [6.45, 7) is 1.02. The SMILES string of the molecule is COCCn1c(SCC(=O)NNC(=O)Cc2ccccc2)nnc1-c1ccncc1. The van der Waals surface area contributed by atoms with Crippen LogP contribution < -0.4 is 10.9 Å². The lowest BCUT2D eigenvalue weighted by molar-refractivity contribution is -0.127. The fraction of sp³-hybridized carbons (Fsp3) is 0.250. The van der Waals surface area contributed by atoms with Gasteiger partial charge in [-0.1, -0.05) is 42.1 Å². The molecule has 3 aromatic rings. The first-order chi connectivity index (χ1) is 14.7. The lowest BCUT2D eigenvalue weighted by atomic mass is 10.1. The molecule has 2 heterocycles. The molecule has 0 aliphatic heterocycles. The molecule has 0 saturated carbocycles. The van der Waals surface area contributed by atoms with E-state index in [9.17, 15) is 9.59 Å². The number of benzene rings is 1. The average molecular weight is 427 g/mol. The van der Waals surface area contributed by atoms with Crippen molar-refractivity contribution in [1.82, 2.24) is 30.6 Å². The normalized spacial score (nSPS) is 10.6. The summed E-state index contributed by atoms with van der Waals surface area (Å²) in [5, 5.41) is 9.03. The highest BCUT2D eigenvalue weighted by molar-refractivity contribution is 7.99. The van der Waals surface area contributed by atoms with E-state index in [1.165, 1.54) is 11.8 Å². The zero-order valence-corrected chi connectivity index (χ0v) is 17.3. The molecule has 0 atom stereocenters.